The van der Waals surface area contributed by atoms with Crippen molar-refractivity contribution in [1.82, 2.24) is 0 Å². The van der Waals surface area contributed by atoms with Crippen LogP contribution in [0.15, 0.2) is 84.9 Å². The van der Waals surface area contributed by atoms with Crippen molar-refractivity contribution < 1.29 is 60.4 Å². The molecule has 5 aromatic rings. The Bertz CT molecular complexity index is 1780. The molecule has 0 aliphatic heterocycles. The van der Waals surface area contributed by atoms with Crippen molar-refractivity contribution in [2.75, 3.05) is 0 Å². The van der Waals surface area contributed by atoms with Gasteiger partial charge in [-0.05, 0) is 29.4 Å². The quantitative estimate of drug-likeness (QED) is 0.0906. The fraction of sp³-hybridized carbons (Fsp3) is 0.385. The molecule has 0 aromatic heterocycles. The molecule has 0 N–H and O–H groups in total. The maximum absolute atomic E-state index is 13.3. The van der Waals surface area contributed by atoms with E-state index in [2.05, 4.69) is 71.1 Å². The van der Waals surface area contributed by atoms with Crippen molar-refractivity contribution in [3.63, 3.8) is 0 Å². The predicted molar refractivity (Wildman–Crippen MR) is 196 cm³/mol. The van der Waals surface area contributed by atoms with E-state index in [-0.39, 0.29) is 17.7 Å². The normalized spacial score (nSPS) is 12.7. The van der Waals surface area contributed by atoms with Crippen molar-refractivity contribution in [3.8, 4) is 11.1 Å². The molecule has 1 atom stereocenters. The van der Waals surface area contributed by atoms with E-state index in [1.807, 2.05) is 19.1 Å². The molecule has 0 aliphatic rings. The van der Waals surface area contributed by atoms with Crippen molar-refractivity contribution in [2.45, 2.75) is 96.3 Å². The Labute approximate surface area is 321 Å². The fourth-order valence-electron chi connectivity index (χ4n) is 5.89. The van der Waals surface area contributed by atoms with E-state index < -0.39 is 50.4 Å². The molecule has 0 saturated heterocycles. The van der Waals surface area contributed by atoms with E-state index in [0.717, 1.165) is 32.6 Å². The van der Waals surface area contributed by atoms with Gasteiger partial charge < -0.3 is 0 Å². The van der Waals surface area contributed by atoms with Crippen LogP contribution in [0.4, 0.5) is 39.5 Å². The molecular formula is C39H41Cl2F9SiZr. The average Bonchev–Trinajstić information content (AvgIpc) is 3.69. The Kier molecular flexibility index (Phi) is 17.3. The van der Waals surface area contributed by atoms with Crippen LogP contribution < -0.4 is 0 Å². The minimum atomic E-state index is -6.63. The summed E-state index contributed by atoms with van der Waals surface area (Å²) in [4.78, 5) is 0. The second-order valence-electron chi connectivity index (χ2n) is 12.5. The predicted octanol–water partition coefficient (Wildman–Crippen LogP) is 15.1. The second-order valence-corrected chi connectivity index (χ2v) is 17.3. The summed E-state index contributed by atoms with van der Waals surface area (Å²) in [5.41, 5.74) is -3.26. The summed E-state index contributed by atoms with van der Waals surface area (Å²) in [6.45, 7) is 15.3. The Balaban J connectivity index is 0.000000355. The zero-order chi connectivity index (χ0) is 39.7. The number of halogens is 11. The molecular weight excluding hydrogens is 830 g/mol. The molecule has 52 heavy (non-hydrogen) atoms. The minimum absolute atomic E-state index is 0.207. The maximum atomic E-state index is 13.3. The summed E-state index contributed by atoms with van der Waals surface area (Å²) in [5, 5.41) is 4.38. The first-order chi connectivity index (χ1) is 24.2. The molecule has 0 aliphatic carbocycles. The van der Waals surface area contributed by atoms with Gasteiger partial charge in [-0.3, -0.25) is 0 Å². The van der Waals surface area contributed by atoms with Gasteiger partial charge >= 0.3 is 56.4 Å². The molecule has 13 heteroatoms. The van der Waals surface area contributed by atoms with Gasteiger partial charge in [0.25, 0.3) is 5.41 Å². The average molecular weight is 871 g/mol. The molecule has 0 heterocycles. The fourth-order valence-corrected chi connectivity index (χ4v) is 5.89. The van der Waals surface area contributed by atoms with Crippen LogP contribution in [0.25, 0.3) is 32.7 Å². The van der Waals surface area contributed by atoms with E-state index in [4.69, 9.17) is 17.0 Å². The number of aryl methyl sites for hydroxylation is 1. The standard InChI is InChI=1S/C21H14F9.C16H21.C2H6Si.2ClH.Zr/c1-2-12-10-14-4-3-5-16(17(14)11-12)13-6-8-15(9-7-13)18(19(22,23)24,20(25,26)27)21(28,29)30;1-5-12(4)15-8-6-7-13-9-14(11(2)3)10-16(13)15;1-3-2;;;/h3-11H,2H2,1H3;6-12H,5H2,1-4H3;1-2H3;2*1H;/q2*-1;;;;+4/p-2. The van der Waals surface area contributed by atoms with Gasteiger partial charge in [0.15, 0.2) is 0 Å². The van der Waals surface area contributed by atoms with E-state index in [9.17, 15) is 39.5 Å². The van der Waals surface area contributed by atoms with Crippen LogP contribution in [0.2, 0.25) is 13.1 Å². The van der Waals surface area contributed by atoms with Gasteiger partial charge in [0, 0.05) is 9.52 Å². The number of hydrogen-bond acceptors (Lipinski definition) is 0. The molecule has 2 radical (unpaired) electrons. The van der Waals surface area contributed by atoms with Crippen molar-refractivity contribution in [3.05, 3.63) is 107 Å². The number of rotatable bonds is 6. The van der Waals surface area contributed by atoms with E-state index >= 15 is 0 Å². The first-order valence-corrected chi connectivity index (χ1v) is 24.8. The molecule has 0 amide bonds. The Hall–Kier alpha value is -2.07. The van der Waals surface area contributed by atoms with Crippen LogP contribution in [0.5, 0.6) is 0 Å². The first-order valence-electron chi connectivity index (χ1n) is 16.4. The zero-order valence-electron chi connectivity index (χ0n) is 29.8. The second kappa shape index (κ2) is 19.5. The first kappa shape index (κ1) is 46.1. The number of benzene rings is 3. The monoisotopic (exact) mass is 868 g/mol. The van der Waals surface area contributed by atoms with Crippen LogP contribution in [0, 0.1) is 0 Å². The van der Waals surface area contributed by atoms with Crippen molar-refractivity contribution in [2.24, 2.45) is 0 Å². The third kappa shape index (κ3) is 10.4. The molecule has 0 spiro atoms. The van der Waals surface area contributed by atoms with E-state index in [0.29, 0.717) is 29.2 Å². The molecule has 0 saturated carbocycles. The van der Waals surface area contributed by atoms with Gasteiger partial charge in [-0.25, -0.2) is 0 Å². The third-order valence-corrected chi connectivity index (χ3v) is 8.74. The Morgan fingerprint density at radius 3 is 1.62 bits per heavy atom. The van der Waals surface area contributed by atoms with Gasteiger partial charge in [-0.2, -0.15) is 51.6 Å². The van der Waals surface area contributed by atoms with Gasteiger partial charge in [0.2, 0.25) is 0 Å². The van der Waals surface area contributed by atoms with E-state index in [1.54, 1.807) is 18.2 Å². The van der Waals surface area contributed by atoms with Crippen LogP contribution >= 0.6 is 17.0 Å². The van der Waals surface area contributed by atoms with Crippen LogP contribution in [0.1, 0.15) is 75.1 Å². The van der Waals surface area contributed by atoms with Crippen molar-refractivity contribution >= 4 is 48.1 Å². The molecule has 5 rings (SSSR count). The van der Waals surface area contributed by atoms with Crippen LogP contribution in [-0.4, -0.2) is 28.0 Å². The van der Waals surface area contributed by atoms with E-state index in [1.165, 1.54) is 28.3 Å². The number of hydrogen-bond donors (Lipinski definition) is 0. The number of fused-ring (bicyclic) bond motifs is 2. The Morgan fingerprint density at radius 1 is 0.692 bits per heavy atom. The molecule has 0 nitrogen and oxygen atoms in total. The summed E-state index contributed by atoms with van der Waals surface area (Å²) in [6, 6.07) is 22.3. The number of alkyl halides is 9. The summed E-state index contributed by atoms with van der Waals surface area (Å²) in [7, 11) is 11.0. The van der Waals surface area contributed by atoms with Gasteiger partial charge in [0.1, 0.15) is 0 Å². The Morgan fingerprint density at radius 2 is 1.17 bits per heavy atom. The molecule has 282 valence electrons. The van der Waals surface area contributed by atoms with Gasteiger partial charge in [-0.1, -0.05) is 102 Å². The summed E-state index contributed by atoms with van der Waals surface area (Å²) < 4.78 is 120. The molecule has 0 bridgehead atoms. The SMILES string of the molecule is CCC(C)c1cccc2[cH-]c(C(C)C)cc12.CCc1cc2c(-c3ccc(C(C(F)(F)F)(C(F)(F)F)C(F)(F)F)cc3)cccc2[cH-]1.C[Si]C.[Cl][Zr+2][Cl]. The van der Waals surface area contributed by atoms with Gasteiger partial charge in [-0.15, -0.1) is 69.1 Å². The summed E-state index contributed by atoms with van der Waals surface area (Å²) in [6.07, 6.45) is -18.0. The molecule has 0 fully saturated rings. The molecule has 5 aromatic carbocycles. The topological polar surface area (TPSA) is 0 Å². The van der Waals surface area contributed by atoms with Gasteiger partial charge in [0.05, 0.1) is 0 Å². The molecule has 1 unspecified atom stereocenters. The van der Waals surface area contributed by atoms with Crippen LogP contribution in [0.3, 0.4) is 0 Å². The van der Waals surface area contributed by atoms with Crippen molar-refractivity contribution in [1.29, 1.82) is 0 Å². The van der Waals surface area contributed by atoms with Crippen LogP contribution in [-0.2, 0) is 32.7 Å². The summed E-state index contributed by atoms with van der Waals surface area (Å²) in [5.74, 6) is 1.28. The third-order valence-electron chi connectivity index (χ3n) is 8.74. The zero-order valence-corrected chi connectivity index (χ0v) is 34.8. The summed E-state index contributed by atoms with van der Waals surface area (Å²) >= 11 is -0.826.